The lowest BCUT2D eigenvalue weighted by molar-refractivity contribution is 0.197. The van der Waals surface area contributed by atoms with Gasteiger partial charge in [-0.3, -0.25) is 0 Å². The van der Waals surface area contributed by atoms with Crippen LogP contribution in [0.4, 0.5) is 4.79 Å². The molecule has 0 saturated carbocycles. The molecular formula is C10H23N3O. The zero-order valence-electron chi connectivity index (χ0n) is 9.38. The number of urea groups is 1. The average molecular weight is 201 g/mol. The van der Waals surface area contributed by atoms with E-state index >= 15 is 0 Å². The first-order valence-corrected chi connectivity index (χ1v) is 5.49. The number of hydrogen-bond donors (Lipinski definition) is 2. The topological polar surface area (TPSA) is 58.4 Å². The highest BCUT2D eigenvalue weighted by Gasteiger charge is 2.09. The predicted molar refractivity (Wildman–Crippen MR) is 59.2 cm³/mol. The van der Waals surface area contributed by atoms with E-state index in [0.717, 1.165) is 38.9 Å². The van der Waals surface area contributed by atoms with E-state index in [1.807, 2.05) is 11.8 Å². The maximum Gasteiger partial charge on any atom is 0.317 e. The molecule has 0 fully saturated rings. The normalized spacial score (nSPS) is 9.93. The molecule has 2 amide bonds. The Bertz CT molecular complexity index is 150. The molecule has 0 atom stereocenters. The molecule has 0 aromatic carbocycles. The summed E-state index contributed by atoms with van der Waals surface area (Å²) in [4.78, 5) is 13.4. The van der Waals surface area contributed by atoms with Gasteiger partial charge in [-0.25, -0.2) is 4.79 Å². The molecule has 14 heavy (non-hydrogen) atoms. The van der Waals surface area contributed by atoms with E-state index in [1.54, 1.807) is 0 Å². The highest BCUT2D eigenvalue weighted by molar-refractivity contribution is 5.74. The maximum absolute atomic E-state index is 11.6. The van der Waals surface area contributed by atoms with E-state index in [4.69, 9.17) is 5.73 Å². The largest absolute Gasteiger partial charge is 0.338 e. The molecule has 0 aromatic rings. The Balaban J connectivity index is 3.84. The van der Waals surface area contributed by atoms with Crippen LogP contribution >= 0.6 is 0 Å². The second-order valence-electron chi connectivity index (χ2n) is 3.36. The van der Waals surface area contributed by atoms with Crippen LogP contribution in [-0.2, 0) is 0 Å². The van der Waals surface area contributed by atoms with Crippen LogP contribution in [0.5, 0.6) is 0 Å². The molecule has 3 N–H and O–H groups in total. The van der Waals surface area contributed by atoms with E-state index in [-0.39, 0.29) is 6.03 Å². The molecule has 0 aliphatic rings. The van der Waals surface area contributed by atoms with Gasteiger partial charge in [-0.05, 0) is 25.8 Å². The summed E-state index contributed by atoms with van der Waals surface area (Å²) in [6.45, 7) is 7.09. The van der Waals surface area contributed by atoms with Crippen molar-refractivity contribution in [2.24, 2.45) is 5.73 Å². The molecule has 0 unspecified atom stereocenters. The van der Waals surface area contributed by atoms with Gasteiger partial charge in [0.1, 0.15) is 0 Å². The molecule has 4 heteroatoms. The van der Waals surface area contributed by atoms with Crippen molar-refractivity contribution in [3.8, 4) is 0 Å². The van der Waals surface area contributed by atoms with Gasteiger partial charge in [-0.15, -0.1) is 0 Å². The Hall–Kier alpha value is -0.770. The Labute approximate surface area is 86.8 Å². The average Bonchev–Trinajstić information content (AvgIpc) is 2.20. The second kappa shape index (κ2) is 8.81. The summed E-state index contributed by atoms with van der Waals surface area (Å²) >= 11 is 0. The van der Waals surface area contributed by atoms with Crippen molar-refractivity contribution in [1.82, 2.24) is 10.2 Å². The minimum Gasteiger partial charge on any atom is -0.338 e. The van der Waals surface area contributed by atoms with Crippen molar-refractivity contribution in [2.45, 2.75) is 33.1 Å². The molecule has 0 aliphatic heterocycles. The first-order chi connectivity index (χ1) is 6.76. The van der Waals surface area contributed by atoms with E-state index in [2.05, 4.69) is 12.2 Å². The molecule has 0 aliphatic carbocycles. The molecule has 4 nitrogen and oxygen atoms in total. The Morgan fingerprint density at radius 1 is 1.29 bits per heavy atom. The molecule has 0 radical (unpaired) electrons. The predicted octanol–water partition coefficient (Wildman–Crippen LogP) is 1.17. The summed E-state index contributed by atoms with van der Waals surface area (Å²) in [5, 5.41) is 2.87. The van der Waals surface area contributed by atoms with E-state index < -0.39 is 0 Å². The first kappa shape index (κ1) is 13.2. The van der Waals surface area contributed by atoms with Gasteiger partial charge in [0.05, 0.1) is 0 Å². The number of carbonyl (C=O) groups excluding carboxylic acids is 1. The molecule has 0 rings (SSSR count). The summed E-state index contributed by atoms with van der Waals surface area (Å²) in [6.07, 6.45) is 2.84. The van der Waals surface area contributed by atoms with Crippen LogP contribution in [0.25, 0.3) is 0 Å². The molecule has 0 saturated heterocycles. The van der Waals surface area contributed by atoms with Crippen molar-refractivity contribution < 1.29 is 4.79 Å². The number of carbonyl (C=O) groups is 1. The smallest absolute Gasteiger partial charge is 0.317 e. The second-order valence-corrected chi connectivity index (χ2v) is 3.36. The molecule has 84 valence electrons. The summed E-state index contributed by atoms with van der Waals surface area (Å²) in [5.74, 6) is 0. The summed E-state index contributed by atoms with van der Waals surface area (Å²) in [6, 6.07) is 0.0437. The number of hydrogen-bond acceptors (Lipinski definition) is 2. The Morgan fingerprint density at radius 2 is 2.00 bits per heavy atom. The third-order valence-electron chi connectivity index (χ3n) is 1.94. The zero-order valence-corrected chi connectivity index (χ0v) is 9.38. The van der Waals surface area contributed by atoms with Crippen LogP contribution in [0.15, 0.2) is 0 Å². The van der Waals surface area contributed by atoms with Gasteiger partial charge in [0.15, 0.2) is 0 Å². The molecule has 0 bridgehead atoms. The summed E-state index contributed by atoms with van der Waals surface area (Å²) in [5.41, 5.74) is 5.41. The van der Waals surface area contributed by atoms with Gasteiger partial charge in [0.2, 0.25) is 0 Å². The van der Waals surface area contributed by atoms with Crippen LogP contribution in [0.2, 0.25) is 0 Å². The minimum absolute atomic E-state index is 0.0437. The number of rotatable bonds is 7. The standard InChI is InChI=1S/C10H23N3O/c1-3-7-12-10(14)13(8-4-2)9-5-6-11/h3-9,11H2,1-2H3,(H,12,14). The van der Waals surface area contributed by atoms with Gasteiger partial charge in [-0.2, -0.15) is 0 Å². The van der Waals surface area contributed by atoms with Gasteiger partial charge < -0.3 is 16.0 Å². The highest BCUT2D eigenvalue weighted by atomic mass is 16.2. The molecular weight excluding hydrogens is 178 g/mol. The van der Waals surface area contributed by atoms with E-state index in [9.17, 15) is 4.79 Å². The van der Waals surface area contributed by atoms with Gasteiger partial charge in [0, 0.05) is 19.6 Å². The zero-order chi connectivity index (χ0) is 10.8. The number of nitrogens with one attached hydrogen (secondary N) is 1. The van der Waals surface area contributed by atoms with Crippen LogP contribution < -0.4 is 11.1 Å². The van der Waals surface area contributed by atoms with Gasteiger partial charge >= 0.3 is 6.03 Å². The minimum atomic E-state index is 0.0437. The van der Waals surface area contributed by atoms with Crippen molar-refractivity contribution in [3.05, 3.63) is 0 Å². The Kier molecular flexibility index (Phi) is 8.33. The molecule has 0 heterocycles. The third kappa shape index (κ3) is 5.80. The lowest BCUT2D eigenvalue weighted by Crippen LogP contribution is -2.41. The summed E-state index contributed by atoms with van der Waals surface area (Å²) < 4.78 is 0. The monoisotopic (exact) mass is 201 g/mol. The van der Waals surface area contributed by atoms with Crippen molar-refractivity contribution in [2.75, 3.05) is 26.2 Å². The third-order valence-corrected chi connectivity index (χ3v) is 1.94. The van der Waals surface area contributed by atoms with E-state index in [1.165, 1.54) is 0 Å². The van der Waals surface area contributed by atoms with Crippen molar-refractivity contribution in [3.63, 3.8) is 0 Å². The molecule has 0 spiro atoms. The van der Waals surface area contributed by atoms with Crippen LogP contribution in [0.1, 0.15) is 33.1 Å². The lowest BCUT2D eigenvalue weighted by Gasteiger charge is -2.22. The SMILES string of the molecule is CCCNC(=O)N(CCC)CCCN. The van der Waals surface area contributed by atoms with Gasteiger partial charge in [0.25, 0.3) is 0 Å². The lowest BCUT2D eigenvalue weighted by atomic mass is 10.3. The quantitative estimate of drug-likeness (QED) is 0.649. The fraction of sp³-hybridized carbons (Fsp3) is 0.900. The molecule has 0 aromatic heterocycles. The highest BCUT2D eigenvalue weighted by Crippen LogP contribution is 1.94. The maximum atomic E-state index is 11.6. The fourth-order valence-electron chi connectivity index (χ4n) is 1.21. The first-order valence-electron chi connectivity index (χ1n) is 5.49. The van der Waals surface area contributed by atoms with Gasteiger partial charge in [-0.1, -0.05) is 13.8 Å². The van der Waals surface area contributed by atoms with Crippen LogP contribution in [0.3, 0.4) is 0 Å². The summed E-state index contributed by atoms with van der Waals surface area (Å²) in [7, 11) is 0. The van der Waals surface area contributed by atoms with Crippen molar-refractivity contribution >= 4 is 6.03 Å². The van der Waals surface area contributed by atoms with Crippen LogP contribution in [0, 0.1) is 0 Å². The number of nitrogens with zero attached hydrogens (tertiary/aromatic N) is 1. The number of amides is 2. The fourth-order valence-corrected chi connectivity index (χ4v) is 1.21. The Morgan fingerprint density at radius 3 is 2.50 bits per heavy atom. The van der Waals surface area contributed by atoms with E-state index in [0.29, 0.717) is 6.54 Å². The number of nitrogens with two attached hydrogens (primary N) is 1. The van der Waals surface area contributed by atoms with Crippen molar-refractivity contribution in [1.29, 1.82) is 0 Å². The van der Waals surface area contributed by atoms with Crippen LogP contribution in [-0.4, -0.2) is 37.1 Å².